The number of carbonyl (C=O) groups is 2. The van der Waals surface area contributed by atoms with Gasteiger partial charge in [0.15, 0.2) is 11.5 Å². The lowest BCUT2D eigenvalue weighted by Gasteiger charge is -2.43. The van der Waals surface area contributed by atoms with Crippen LogP contribution in [0.15, 0.2) is 53.5 Å². The molecule has 242 valence electrons. The van der Waals surface area contributed by atoms with Crippen LogP contribution in [0.2, 0.25) is 0 Å². The smallest absolute Gasteiger partial charge is 0.274 e. The van der Waals surface area contributed by atoms with E-state index in [1.54, 1.807) is 12.1 Å². The molecule has 0 radical (unpaired) electrons. The van der Waals surface area contributed by atoms with Gasteiger partial charge in [0.1, 0.15) is 0 Å². The van der Waals surface area contributed by atoms with E-state index in [9.17, 15) is 14.4 Å². The summed E-state index contributed by atoms with van der Waals surface area (Å²) in [7, 11) is 2.10. The number of nitrogens with one attached hydrogen (secondary N) is 4. The molecule has 2 aliphatic carbocycles. The molecule has 3 aromatic heterocycles. The fourth-order valence-corrected chi connectivity index (χ4v) is 6.82. The number of para-hydroxylation sites is 1. The number of benzene rings is 1. The zero-order valence-electron chi connectivity index (χ0n) is 26.5. The minimum Gasteiger partial charge on any atom is -0.364 e. The van der Waals surface area contributed by atoms with Crippen LogP contribution in [-0.4, -0.2) is 67.9 Å². The summed E-state index contributed by atoms with van der Waals surface area (Å²) in [6.45, 7) is 4.58. The van der Waals surface area contributed by atoms with Crippen LogP contribution in [0, 0.1) is 5.92 Å². The number of nitrogens with zero attached hydrogens (tertiary/aromatic N) is 6. The Bertz CT molecular complexity index is 1920. The molecule has 0 spiro atoms. The van der Waals surface area contributed by atoms with Gasteiger partial charge < -0.3 is 25.8 Å². The van der Waals surface area contributed by atoms with Crippen molar-refractivity contribution in [3.63, 3.8) is 0 Å². The molecule has 4 N–H and O–H groups in total. The Hall–Kier alpha value is -5.04. The number of anilines is 4. The lowest BCUT2D eigenvalue weighted by molar-refractivity contribution is -0.117. The van der Waals surface area contributed by atoms with Crippen molar-refractivity contribution in [1.82, 2.24) is 35.2 Å². The monoisotopic (exact) mass is 634 g/mol. The van der Waals surface area contributed by atoms with Crippen LogP contribution in [0.4, 0.5) is 22.9 Å². The quantitative estimate of drug-likeness (QED) is 0.203. The molecule has 8 rings (SSSR count). The molecule has 1 unspecified atom stereocenters. The molecular weight excluding hydrogens is 596 g/mol. The maximum atomic E-state index is 13.2. The van der Waals surface area contributed by atoms with Crippen LogP contribution in [0.1, 0.15) is 73.0 Å². The maximum Gasteiger partial charge on any atom is 0.274 e. The summed E-state index contributed by atoms with van der Waals surface area (Å²) >= 11 is 0. The molecule has 13 heteroatoms. The van der Waals surface area contributed by atoms with E-state index in [0.29, 0.717) is 18.1 Å². The summed E-state index contributed by atoms with van der Waals surface area (Å²) < 4.78 is 2.19. The molecule has 5 heterocycles. The van der Waals surface area contributed by atoms with Gasteiger partial charge in [-0.2, -0.15) is 5.10 Å². The minimum absolute atomic E-state index is 0.0133. The molecule has 3 fully saturated rings. The normalized spacial score (nSPS) is 19.0. The van der Waals surface area contributed by atoms with Crippen molar-refractivity contribution in [3.8, 4) is 11.1 Å². The summed E-state index contributed by atoms with van der Waals surface area (Å²) in [5.74, 6) is -0.0333. The molecule has 4 aromatic rings. The number of aromatic amines is 1. The molecule has 1 aromatic carbocycles. The van der Waals surface area contributed by atoms with Gasteiger partial charge in [0.2, 0.25) is 11.5 Å². The molecule has 1 saturated heterocycles. The third-order valence-electron chi connectivity index (χ3n) is 9.58. The first kappa shape index (κ1) is 29.4. The zero-order valence-corrected chi connectivity index (χ0v) is 26.5. The number of hydrogen-bond donors (Lipinski definition) is 4. The molecule has 2 amide bonds. The summed E-state index contributed by atoms with van der Waals surface area (Å²) in [5.41, 5.74) is 6.66. The van der Waals surface area contributed by atoms with Gasteiger partial charge in [-0.15, -0.1) is 10.2 Å². The molecule has 4 aliphatic rings. The van der Waals surface area contributed by atoms with Crippen molar-refractivity contribution in [3.05, 3.63) is 76.1 Å². The highest BCUT2D eigenvalue weighted by molar-refractivity contribution is 6.01. The Labute approximate surface area is 271 Å². The van der Waals surface area contributed by atoms with E-state index in [2.05, 4.69) is 65.7 Å². The number of amides is 2. The van der Waals surface area contributed by atoms with E-state index in [-0.39, 0.29) is 47.1 Å². The second-order valence-electron chi connectivity index (χ2n) is 13.1. The van der Waals surface area contributed by atoms with Crippen molar-refractivity contribution in [2.45, 2.75) is 63.7 Å². The van der Waals surface area contributed by atoms with Crippen LogP contribution < -0.4 is 26.4 Å². The zero-order chi connectivity index (χ0) is 32.2. The van der Waals surface area contributed by atoms with Crippen molar-refractivity contribution >= 4 is 34.7 Å². The first-order chi connectivity index (χ1) is 22.9. The lowest BCUT2D eigenvalue weighted by atomic mass is 9.91. The second-order valence-corrected chi connectivity index (χ2v) is 13.1. The average Bonchev–Trinajstić information content (AvgIpc) is 3.98. The van der Waals surface area contributed by atoms with Gasteiger partial charge in [-0.3, -0.25) is 24.0 Å². The highest BCUT2D eigenvalue weighted by Gasteiger charge is 2.38. The highest BCUT2D eigenvalue weighted by atomic mass is 16.2. The van der Waals surface area contributed by atoms with Crippen molar-refractivity contribution < 1.29 is 9.59 Å². The van der Waals surface area contributed by atoms with Gasteiger partial charge >= 0.3 is 0 Å². The fraction of sp³-hybridized carbons (Fsp3) is 0.412. The minimum atomic E-state index is -0.288. The number of H-pyrrole nitrogens is 1. The van der Waals surface area contributed by atoms with Crippen LogP contribution in [0.5, 0.6) is 0 Å². The lowest BCUT2D eigenvalue weighted by Crippen LogP contribution is -2.48. The fourth-order valence-electron chi connectivity index (χ4n) is 6.82. The third kappa shape index (κ3) is 5.64. The Morgan fingerprint density at radius 3 is 2.55 bits per heavy atom. The number of carbonyl (C=O) groups excluding carboxylic acids is 2. The predicted molar refractivity (Wildman–Crippen MR) is 178 cm³/mol. The average molecular weight is 635 g/mol. The molecule has 2 saturated carbocycles. The molecule has 2 aliphatic heterocycles. The second kappa shape index (κ2) is 11.6. The van der Waals surface area contributed by atoms with E-state index in [1.807, 2.05) is 24.4 Å². The van der Waals surface area contributed by atoms with Crippen molar-refractivity contribution in [2.75, 3.05) is 35.7 Å². The van der Waals surface area contributed by atoms with E-state index in [4.69, 9.17) is 5.10 Å². The van der Waals surface area contributed by atoms with E-state index in [0.717, 1.165) is 73.4 Å². The number of aromatic nitrogens is 5. The SMILES string of the molecule is CCC1c2c(cnn2C2CN(Cc3cccc(=O)[nH]3)C2)-c2cccc(Nc3cc(NC(=O)C4CC4)nnc3C(=O)NC3CC3)c2N1C. The van der Waals surface area contributed by atoms with E-state index < -0.39 is 0 Å². The first-order valence-electron chi connectivity index (χ1n) is 16.5. The number of likely N-dealkylation sites (tertiary alicyclic amines) is 1. The topological polar surface area (TPSA) is 153 Å². The molecule has 0 bridgehead atoms. The summed E-state index contributed by atoms with van der Waals surface area (Å²) in [6.07, 6.45) is 6.50. The number of rotatable bonds is 10. The number of fused-ring (bicyclic) bond motifs is 3. The van der Waals surface area contributed by atoms with Gasteiger partial charge in [0, 0.05) is 67.6 Å². The van der Waals surface area contributed by atoms with E-state index >= 15 is 0 Å². The highest BCUT2D eigenvalue weighted by Crippen LogP contribution is 2.50. The van der Waals surface area contributed by atoms with Gasteiger partial charge in [0.25, 0.3) is 5.91 Å². The Morgan fingerprint density at radius 1 is 1.00 bits per heavy atom. The van der Waals surface area contributed by atoms with Crippen LogP contribution >= 0.6 is 0 Å². The standard InChI is InChI=1S/C34H38N10O3/c1-3-27-32-24(15-35-44(32)22-17-43(18-22)16-21-6-4-9-29(45)36-21)23-7-5-8-25(31(23)42(27)2)38-26-14-28(39-33(46)19-10-11-19)40-41-30(26)34(47)37-20-12-13-20/h4-9,14-15,19-20,22,27H,3,10-13,16-18H2,1-2H3,(H,36,45)(H,37,47)(H2,38,39,40,46). The predicted octanol–water partition coefficient (Wildman–Crippen LogP) is 3.97. The Balaban J connectivity index is 1.09. The molecule has 47 heavy (non-hydrogen) atoms. The van der Waals surface area contributed by atoms with E-state index in [1.165, 1.54) is 11.8 Å². The summed E-state index contributed by atoms with van der Waals surface area (Å²) in [4.78, 5) is 45.0. The first-order valence-corrected chi connectivity index (χ1v) is 16.5. The van der Waals surface area contributed by atoms with Gasteiger partial charge in [0.05, 0.1) is 41.0 Å². The number of hydrogen-bond acceptors (Lipinski definition) is 9. The van der Waals surface area contributed by atoms with Gasteiger partial charge in [-0.25, -0.2) is 0 Å². The third-order valence-corrected chi connectivity index (χ3v) is 9.58. The van der Waals surface area contributed by atoms with Crippen LogP contribution in [0.3, 0.4) is 0 Å². The number of pyridine rings is 1. The molecule has 1 atom stereocenters. The van der Waals surface area contributed by atoms with Crippen molar-refractivity contribution in [1.29, 1.82) is 0 Å². The van der Waals surface area contributed by atoms with Crippen LogP contribution in [0.25, 0.3) is 11.1 Å². The Morgan fingerprint density at radius 2 is 1.81 bits per heavy atom. The largest absolute Gasteiger partial charge is 0.364 e. The molecular formula is C34H38N10O3. The van der Waals surface area contributed by atoms with Gasteiger partial charge in [-0.05, 0) is 44.2 Å². The molecule has 13 nitrogen and oxygen atoms in total. The summed E-state index contributed by atoms with van der Waals surface area (Å²) in [6, 6.07) is 13.6. The van der Waals surface area contributed by atoms with Crippen molar-refractivity contribution in [2.24, 2.45) is 5.92 Å². The van der Waals surface area contributed by atoms with Gasteiger partial charge in [-0.1, -0.05) is 25.1 Å². The van der Waals surface area contributed by atoms with Crippen LogP contribution in [-0.2, 0) is 11.3 Å². The Kier molecular flexibility index (Phi) is 7.27. The summed E-state index contributed by atoms with van der Waals surface area (Å²) in [5, 5.41) is 22.8. The maximum absolute atomic E-state index is 13.2.